The second kappa shape index (κ2) is 11.3. The fourth-order valence-corrected chi connectivity index (χ4v) is 4.30. The number of hydrogen-bond acceptors (Lipinski definition) is 11. The predicted octanol–water partition coefficient (Wildman–Crippen LogP) is 2.60. The van der Waals surface area contributed by atoms with E-state index >= 15 is 0 Å². The van der Waals surface area contributed by atoms with Crippen molar-refractivity contribution in [3.05, 3.63) is 35.9 Å². The van der Waals surface area contributed by atoms with Gasteiger partial charge in [0.25, 0.3) is 5.91 Å². The van der Waals surface area contributed by atoms with Crippen LogP contribution in [0.2, 0.25) is 0 Å². The number of amides is 1. The van der Waals surface area contributed by atoms with Gasteiger partial charge in [-0.3, -0.25) is 24.1 Å². The molecule has 1 aliphatic rings. The molecule has 12 heteroatoms. The van der Waals surface area contributed by atoms with Crippen LogP contribution in [0.4, 0.5) is 5.69 Å². The highest BCUT2D eigenvalue weighted by Gasteiger charge is 2.66. The van der Waals surface area contributed by atoms with Gasteiger partial charge >= 0.3 is 17.9 Å². The minimum atomic E-state index is -1.92. The molecule has 12 nitrogen and oxygen atoms in total. The van der Waals surface area contributed by atoms with E-state index in [4.69, 9.17) is 33.2 Å². The summed E-state index contributed by atoms with van der Waals surface area (Å²) in [5.74, 6) is -1.54. The van der Waals surface area contributed by atoms with Crippen molar-refractivity contribution in [1.82, 2.24) is 0 Å². The average Bonchev–Trinajstić information content (AvgIpc) is 2.87. The number of β-lactam (4-membered cyclic amide) rings is 1. The first kappa shape index (κ1) is 28.1. The van der Waals surface area contributed by atoms with Crippen LogP contribution in [0.3, 0.4) is 0 Å². The standard InChI is InChI=1S/C26H29NO11/c1-14(28)36-13-26(38-16(3)30)24(17-8-9-19(32-4)20(10-17)37-15(2)29)27(25(26)31)18-11-21(33-5)23(35-7)22(12-18)34-6/h8-12,24H,13H2,1-7H3/t24-,26-/m0/s1. The second-order valence-electron chi connectivity index (χ2n) is 8.23. The Morgan fingerprint density at radius 3 is 1.87 bits per heavy atom. The topological polar surface area (TPSA) is 136 Å². The van der Waals surface area contributed by atoms with Crippen LogP contribution in [0.5, 0.6) is 28.7 Å². The number of anilines is 1. The van der Waals surface area contributed by atoms with E-state index in [0.717, 1.165) is 6.92 Å². The maximum absolute atomic E-state index is 13.8. The molecule has 0 bridgehead atoms. The molecular formula is C26H29NO11. The van der Waals surface area contributed by atoms with Crippen LogP contribution in [0.25, 0.3) is 0 Å². The molecule has 0 aliphatic carbocycles. The maximum atomic E-state index is 13.8. The number of hydrogen-bond donors (Lipinski definition) is 0. The first-order valence-corrected chi connectivity index (χ1v) is 11.4. The highest BCUT2D eigenvalue weighted by Crippen LogP contribution is 2.52. The molecule has 0 unspecified atom stereocenters. The quantitative estimate of drug-likeness (QED) is 0.254. The molecule has 1 heterocycles. The largest absolute Gasteiger partial charge is 0.493 e. The first-order valence-electron chi connectivity index (χ1n) is 11.4. The lowest BCUT2D eigenvalue weighted by Crippen LogP contribution is -2.72. The molecule has 1 saturated heterocycles. The van der Waals surface area contributed by atoms with Gasteiger partial charge in [-0.05, 0) is 17.7 Å². The van der Waals surface area contributed by atoms with E-state index in [2.05, 4.69) is 0 Å². The summed E-state index contributed by atoms with van der Waals surface area (Å²) in [7, 11) is 5.70. The Morgan fingerprint density at radius 2 is 1.39 bits per heavy atom. The molecule has 0 radical (unpaired) electrons. The van der Waals surface area contributed by atoms with Gasteiger partial charge < -0.3 is 33.2 Å². The Labute approximate surface area is 219 Å². The Balaban J connectivity index is 2.26. The summed E-state index contributed by atoms with van der Waals surface area (Å²) in [6.07, 6.45) is 0. The summed E-state index contributed by atoms with van der Waals surface area (Å²) < 4.78 is 37.6. The van der Waals surface area contributed by atoms with Gasteiger partial charge in [0.15, 0.2) is 23.0 Å². The van der Waals surface area contributed by atoms with Crippen molar-refractivity contribution in [1.29, 1.82) is 0 Å². The molecule has 38 heavy (non-hydrogen) atoms. The highest BCUT2D eigenvalue weighted by molar-refractivity contribution is 6.10. The van der Waals surface area contributed by atoms with Crippen LogP contribution in [0.15, 0.2) is 30.3 Å². The van der Waals surface area contributed by atoms with Crippen LogP contribution < -0.4 is 28.6 Å². The summed E-state index contributed by atoms with van der Waals surface area (Å²) in [6.45, 7) is 2.98. The van der Waals surface area contributed by atoms with E-state index in [1.807, 2.05) is 0 Å². The first-order chi connectivity index (χ1) is 18.0. The molecule has 0 saturated carbocycles. The normalized spacial score (nSPS) is 18.1. The van der Waals surface area contributed by atoms with Gasteiger partial charge in [0.05, 0.1) is 34.1 Å². The molecule has 0 N–H and O–H groups in total. The third-order valence-corrected chi connectivity index (χ3v) is 5.78. The summed E-state index contributed by atoms with van der Waals surface area (Å²) in [5.41, 5.74) is -1.21. The van der Waals surface area contributed by atoms with E-state index in [1.165, 1.54) is 59.3 Å². The summed E-state index contributed by atoms with van der Waals surface area (Å²) >= 11 is 0. The fraction of sp³-hybridized carbons (Fsp3) is 0.385. The lowest BCUT2D eigenvalue weighted by molar-refractivity contribution is -0.190. The molecule has 204 valence electrons. The number of carbonyl (C=O) groups is 4. The third-order valence-electron chi connectivity index (χ3n) is 5.78. The smallest absolute Gasteiger partial charge is 0.308 e. The van der Waals surface area contributed by atoms with E-state index in [-0.39, 0.29) is 23.0 Å². The van der Waals surface area contributed by atoms with Crippen molar-refractivity contribution in [2.45, 2.75) is 32.4 Å². The molecule has 2 atom stereocenters. The molecule has 3 rings (SSSR count). The highest BCUT2D eigenvalue weighted by atomic mass is 16.6. The van der Waals surface area contributed by atoms with Crippen LogP contribution in [0.1, 0.15) is 32.4 Å². The second-order valence-corrected chi connectivity index (χ2v) is 8.23. The zero-order chi connectivity index (χ0) is 28.2. The van der Waals surface area contributed by atoms with Gasteiger partial charge in [-0.25, -0.2) is 0 Å². The molecule has 1 amide bonds. The minimum Gasteiger partial charge on any atom is -0.493 e. The Hall–Kier alpha value is -4.48. The van der Waals surface area contributed by atoms with E-state index in [0.29, 0.717) is 17.0 Å². The summed E-state index contributed by atoms with van der Waals surface area (Å²) in [4.78, 5) is 50.7. The number of benzene rings is 2. The third kappa shape index (κ3) is 5.15. The fourth-order valence-electron chi connectivity index (χ4n) is 4.30. The zero-order valence-electron chi connectivity index (χ0n) is 22.1. The summed E-state index contributed by atoms with van der Waals surface area (Å²) in [5, 5.41) is 0. The zero-order valence-corrected chi connectivity index (χ0v) is 22.1. The van der Waals surface area contributed by atoms with Crippen molar-refractivity contribution >= 4 is 29.5 Å². The van der Waals surface area contributed by atoms with Crippen molar-refractivity contribution in [3.8, 4) is 28.7 Å². The number of carbonyl (C=O) groups excluding carboxylic acids is 4. The Bertz CT molecular complexity index is 1230. The van der Waals surface area contributed by atoms with Gasteiger partial charge in [0, 0.05) is 32.9 Å². The lowest BCUT2D eigenvalue weighted by atomic mass is 9.77. The van der Waals surface area contributed by atoms with E-state index < -0.39 is 42.1 Å². The molecule has 0 spiro atoms. The van der Waals surface area contributed by atoms with Crippen molar-refractivity contribution in [3.63, 3.8) is 0 Å². The van der Waals surface area contributed by atoms with Gasteiger partial charge in [-0.15, -0.1) is 0 Å². The monoisotopic (exact) mass is 531 g/mol. The van der Waals surface area contributed by atoms with Crippen LogP contribution in [-0.4, -0.2) is 64.5 Å². The molecular weight excluding hydrogens is 502 g/mol. The molecule has 1 aliphatic heterocycles. The number of nitrogens with zero attached hydrogens (tertiary/aromatic N) is 1. The van der Waals surface area contributed by atoms with Crippen molar-refractivity contribution < 1.29 is 52.3 Å². The summed E-state index contributed by atoms with van der Waals surface area (Å²) in [6, 6.07) is 6.70. The number of esters is 3. The van der Waals surface area contributed by atoms with Gasteiger partial charge in [-0.1, -0.05) is 6.07 Å². The number of ether oxygens (including phenoxy) is 7. The molecule has 2 aromatic rings. The minimum absolute atomic E-state index is 0.0749. The Morgan fingerprint density at radius 1 is 0.789 bits per heavy atom. The van der Waals surface area contributed by atoms with Crippen LogP contribution >= 0.6 is 0 Å². The van der Waals surface area contributed by atoms with Crippen molar-refractivity contribution in [2.24, 2.45) is 0 Å². The van der Waals surface area contributed by atoms with Crippen LogP contribution in [-0.2, 0) is 28.7 Å². The average molecular weight is 532 g/mol. The molecule has 0 aromatic heterocycles. The van der Waals surface area contributed by atoms with E-state index in [1.54, 1.807) is 18.2 Å². The molecule has 1 fully saturated rings. The van der Waals surface area contributed by atoms with Crippen LogP contribution in [0, 0.1) is 0 Å². The SMILES string of the molecule is COc1ccc([C@@H]2N(c3cc(OC)c(OC)c(OC)c3)C(=O)[C@@]2(COC(C)=O)OC(C)=O)cc1OC(C)=O. The predicted molar refractivity (Wildman–Crippen MR) is 132 cm³/mol. The Kier molecular flexibility index (Phi) is 8.34. The van der Waals surface area contributed by atoms with Crippen molar-refractivity contribution in [2.75, 3.05) is 39.9 Å². The number of methoxy groups -OCH3 is 4. The van der Waals surface area contributed by atoms with Gasteiger partial charge in [0.1, 0.15) is 12.6 Å². The van der Waals surface area contributed by atoms with Gasteiger partial charge in [0.2, 0.25) is 11.4 Å². The molecule has 2 aromatic carbocycles. The lowest BCUT2D eigenvalue weighted by Gasteiger charge is -2.54. The number of rotatable bonds is 10. The van der Waals surface area contributed by atoms with Gasteiger partial charge in [-0.2, -0.15) is 0 Å². The van der Waals surface area contributed by atoms with E-state index in [9.17, 15) is 19.2 Å². The maximum Gasteiger partial charge on any atom is 0.308 e.